The lowest BCUT2D eigenvalue weighted by Gasteiger charge is -2.02. The highest BCUT2D eigenvalue weighted by Crippen LogP contribution is 2.35. The Kier molecular flexibility index (Phi) is 2.82. The average molecular weight is 271 g/mol. The molecular formula is C14H7ClN2O2. The van der Waals surface area contributed by atoms with Crippen molar-refractivity contribution in [2.75, 3.05) is 0 Å². The molecule has 0 aliphatic heterocycles. The van der Waals surface area contributed by atoms with E-state index < -0.39 is 0 Å². The predicted octanol–water partition coefficient (Wildman–Crippen LogP) is 4.15. The lowest BCUT2D eigenvalue weighted by Crippen LogP contribution is -1.88. The molecule has 0 N–H and O–H groups in total. The van der Waals surface area contributed by atoms with Gasteiger partial charge in [-0.2, -0.15) is 5.26 Å². The topological polar surface area (TPSA) is 59.0 Å². The third-order valence-electron chi connectivity index (χ3n) is 2.55. The highest BCUT2D eigenvalue weighted by Gasteiger charge is 2.16. The molecule has 0 radical (unpaired) electrons. The van der Waals surface area contributed by atoms with E-state index in [-0.39, 0.29) is 5.76 Å². The van der Waals surface area contributed by atoms with Gasteiger partial charge in [-0.15, -0.1) is 0 Å². The molecule has 3 rings (SSSR count). The van der Waals surface area contributed by atoms with Crippen LogP contribution in [-0.4, -0.2) is 4.98 Å². The van der Waals surface area contributed by atoms with Gasteiger partial charge in [0, 0.05) is 6.07 Å². The maximum Gasteiger partial charge on any atom is 0.247 e. The molecule has 2 heterocycles. The lowest BCUT2D eigenvalue weighted by atomic mass is 10.2. The van der Waals surface area contributed by atoms with E-state index in [0.717, 1.165) is 5.39 Å². The highest BCUT2D eigenvalue weighted by molar-refractivity contribution is 6.29. The summed E-state index contributed by atoms with van der Waals surface area (Å²) in [4.78, 5) is 4.02. The van der Waals surface area contributed by atoms with E-state index in [0.29, 0.717) is 22.4 Å². The third-order valence-corrected chi connectivity index (χ3v) is 2.76. The fourth-order valence-electron chi connectivity index (χ4n) is 1.75. The van der Waals surface area contributed by atoms with Crippen LogP contribution in [0.5, 0.6) is 11.6 Å². The van der Waals surface area contributed by atoms with Gasteiger partial charge < -0.3 is 9.15 Å². The summed E-state index contributed by atoms with van der Waals surface area (Å²) in [5, 5.41) is 10.1. The van der Waals surface area contributed by atoms with Gasteiger partial charge in [0.25, 0.3) is 0 Å². The summed E-state index contributed by atoms with van der Waals surface area (Å²) in [7, 11) is 0. The van der Waals surface area contributed by atoms with E-state index in [2.05, 4.69) is 4.98 Å². The maximum absolute atomic E-state index is 9.08. The molecule has 5 heteroatoms. The number of hydrogen-bond donors (Lipinski definition) is 0. The number of benzene rings is 1. The minimum atomic E-state index is 0.114. The predicted molar refractivity (Wildman–Crippen MR) is 70.3 cm³/mol. The number of furan rings is 1. The van der Waals surface area contributed by atoms with Crippen molar-refractivity contribution in [3.63, 3.8) is 0 Å². The minimum absolute atomic E-state index is 0.114. The van der Waals surface area contributed by atoms with E-state index in [4.69, 9.17) is 26.0 Å². The zero-order valence-electron chi connectivity index (χ0n) is 9.63. The van der Waals surface area contributed by atoms with Gasteiger partial charge in [0.15, 0.2) is 5.75 Å². The first-order chi connectivity index (χ1) is 9.28. The smallest absolute Gasteiger partial charge is 0.247 e. The van der Waals surface area contributed by atoms with Crippen LogP contribution in [0.25, 0.3) is 11.0 Å². The molecule has 0 bridgehead atoms. The number of nitrogens with zero attached hydrogens (tertiary/aromatic N) is 2. The number of nitriles is 1. The number of pyridine rings is 1. The second-order valence-electron chi connectivity index (χ2n) is 3.77. The largest absolute Gasteiger partial charge is 0.442 e. The molecule has 0 spiro atoms. The number of aromatic nitrogens is 1. The Balaban J connectivity index is 2.12. The Hall–Kier alpha value is -2.51. The SMILES string of the molecule is N#Cc1oc2ccccc2c1Oc1cccc(Cl)n1. The van der Waals surface area contributed by atoms with Crippen molar-refractivity contribution < 1.29 is 9.15 Å². The first-order valence-electron chi connectivity index (χ1n) is 5.50. The average Bonchev–Trinajstić information content (AvgIpc) is 2.77. The van der Waals surface area contributed by atoms with Crippen LogP contribution in [0.4, 0.5) is 0 Å². The zero-order chi connectivity index (χ0) is 13.2. The van der Waals surface area contributed by atoms with Crippen LogP contribution in [0.1, 0.15) is 5.76 Å². The van der Waals surface area contributed by atoms with Gasteiger partial charge in [-0.3, -0.25) is 0 Å². The first-order valence-corrected chi connectivity index (χ1v) is 5.88. The quantitative estimate of drug-likeness (QED) is 0.657. The van der Waals surface area contributed by atoms with E-state index >= 15 is 0 Å². The van der Waals surface area contributed by atoms with Crippen molar-refractivity contribution in [1.82, 2.24) is 4.98 Å². The van der Waals surface area contributed by atoms with E-state index in [1.54, 1.807) is 24.3 Å². The molecule has 0 amide bonds. The summed E-state index contributed by atoms with van der Waals surface area (Å²) in [5.74, 6) is 0.784. The minimum Gasteiger partial charge on any atom is -0.442 e. The number of hydrogen-bond acceptors (Lipinski definition) is 4. The van der Waals surface area contributed by atoms with Gasteiger partial charge in [0.2, 0.25) is 11.6 Å². The maximum atomic E-state index is 9.08. The van der Waals surface area contributed by atoms with Gasteiger partial charge in [-0.1, -0.05) is 29.8 Å². The molecule has 0 saturated heterocycles. The molecule has 0 fully saturated rings. The summed E-state index contributed by atoms with van der Waals surface area (Å²) < 4.78 is 11.0. The van der Waals surface area contributed by atoms with E-state index in [1.165, 1.54) is 0 Å². The second-order valence-corrected chi connectivity index (χ2v) is 4.16. The van der Waals surface area contributed by atoms with Crippen LogP contribution >= 0.6 is 11.6 Å². The number of halogens is 1. The fourth-order valence-corrected chi connectivity index (χ4v) is 1.90. The van der Waals surface area contributed by atoms with Crippen LogP contribution in [0.3, 0.4) is 0 Å². The molecule has 0 aliphatic carbocycles. The van der Waals surface area contributed by atoms with Gasteiger partial charge in [0.1, 0.15) is 16.8 Å². The van der Waals surface area contributed by atoms with Crippen LogP contribution in [0.2, 0.25) is 5.15 Å². The van der Waals surface area contributed by atoms with Crippen molar-refractivity contribution in [3.8, 4) is 17.7 Å². The Bertz CT molecular complexity index is 789. The van der Waals surface area contributed by atoms with Crippen molar-refractivity contribution in [2.45, 2.75) is 0 Å². The fraction of sp³-hybridized carbons (Fsp3) is 0. The molecule has 2 aromatic heterocycles. The molecule has 4 nitrogen and oxygen atoms in total. The van der Waals surface area contributed by atoms with E-state index in [9.17, 15) is 0 Å². The van der Waals surface area contributed by atoms with Crippen LogP contribution < -0.4 is 4.74 Å². The monoisotopic (exact) mass is 270 g/mol. The number of rotatable bonds is 2. The van der Waals surface area contributed by atoms with Crippen LogP contribution in [-0.2, 0) is 0 Å². The lowest BCUT2D eigenvalue weighted by molar-refractivity contribution is 0.450. The van der Waals surface area contributed by atoms with Crippen molar-refractivity contribution >= 4 is 22.6 Å². The molecule has 0 saturated carbocycles. The van der Waals surface area contributed by atoms with Crippen molar-refractivity contribution in [1.29, 1.82) is 5.26 Å². The van der Waals surface area contributed by atoms with Crippen molar-refractivity contribution in [3.05, 3.63) is 53.4 Å². The standard InChI is InChI=1S/C14H7ClN2O2/c15-12-6-3-7-13(17-12)19-14-9-4-1-2-5-10(9)18-11(14)8-16/h1-7H. The summed E-state index contributed by atoms with van der Waals surface area (Å²) >= 11 is 5.80. The molecular weight excluding hydrogens is 264 g/mol. The Morgan fingerprint density at radius 1 is 1.16 bits per heavy atom. The molecule has 0 aliphatic rings. The number of ether oxygens (including phenoxy) is 1. The van der Waals surface area contributed by atoms with Gasteiger partial charge in [-0.05, 0) is 18.2 Å². The summed E-state index contributed by atoms with van der Waals surface area (Å²) in [5.41, 5.74) is 0.594. The Labute approximate surface area is 113 Å². The number of fused-ring (bicyclic) bond motifs is 1. The normalized spacial score (nSPS) is 10.3. The highest BCUT2D eigenvalue weighted by atomic mass is 35.5. The van der Waals surface area contributed by atoms with Crippen LogP contribution in [0, 0.1) is 11.3 Å². The van der Waals surface area contributed by atoms with Gasteiger partial charge >= 0.3 is 0 Å². The van der Waals surface area contributed by atoms with Crippen LogP contribution in [0.15, 0.2) is 46.9 Å². The summed E-state index contributed by atoms with van der Waals surface area (Å²) in [6, 6.07) is 14.3. The molecule has 0 unspecified atom stereocenters. The molecule has 1 aromatic carbocycles. The zero-order valence-corrected chi connectivity index (χ0v) is 10.4. The Morgan fingerprint density at radius 2 is 2.00 bits per heavy atom. The van der Waals surface area contributed by atoms with Crippen molar-refractivity contribution in [2.24, 2.45) is 0 Å². The summed E-state index contributed by atoms with van der Waals surface area (Å²) in [6.07, 6.45) is 0. The van der Waals surface area contributed by atoms with Gasteiger partial charge in [-0.25, -0.2) is 4.98 Å². The number of para-hydroxylation sites is 1. The third kappa shape index (κ3) is 2.12. The first kappa shape index (κ1) is 11.6. The molecule has 0 atom stereocenters. The second kappa shape index (κ2) is 4.63. The molecule has 19 heavy (non-hydrogen) atoms. The summed E-state index contributed by atoms with van der Waals surface area (Å²) in [6.45, 7) is 0. The molecule has 3 aromatic rings. The van der Waals surface area contributed by atoms with E-state index in [1.807, 2.05) is 24.3 Å². The Morgan fingerprint density at radius 3 is 2.79 bits per heavy atom. The van der Waals surface area contributed by atoms with Gasteiger partial charge in [0.05, 0.1) is 5.39 Å². The molecule has 92 valence electrons.